The zero-order valence-corrected chi connectivity index (χ0v) is 14.7. The van der Waals surface area contributed by atoms with E-state index in [-0.39, 0.29) is 24.2 Å². The number of ketones is 1. The fourth-order valence-electron chi connectivity index (χ4n) is 2.44. The van der Waals surface area contributed by atoms with E-state index < -0.39 is 11.9 Å². The molecule has 0 fully saturated rings. The molecule has 0 atom stereocenters. The van der Waals surface area contributed by atoms with Crippen LogP contribution in [0.25, 0.3) is 0 Å². The summed E-state index contributed by atoms with van der Waals surface area (Å²) in [6.07, 6.45) is -0.264. The third kappa shape index (κ3) is 4.35. The number of esters is 2. The number of H-pyrrole nitrogens is 1. The number of nitrogens with one attached hydrogen (secondary N) is 1. The smallest absolute Gasteiger partial charge is 0.355 e. The highest BCUT2D eigenvalue weighted by molar-refractivity contribution is 6.01. The monoisotopic (exact) mass is 343 g/mol. The van der Waals surface area contributed by atoms with Crippen LogP contribution in [0.4, 0.5) is 0 Å². The number of Topliss-reactive ketones (excluding diaryl/α,β-unsaturated/α-hetero) is 1. The number of benzene rings is 1. The van der Waals surface area contributed by atoms with Gasteiger partial charge in [-0.25, -0.2) is 9.59 Å². The van der Waals surface area contributed by atoms with Gasteiger partial charge in [0.1, 0.15) is 5.69 Å². The fourth-order valence-corrected chi connectivity index (χ4v) is 2.44. The van der Waals surface area contributed by atoms with Crippen molar-refractivity contribution in [3.05, 3.63) is 58.4 Å². The second kappa shape index (κ2) is 7.79. The van der Waals surface area contributed by atoms with Crippen molar-refractivity contribution >= 4 is 17.7 Å². The van der Waals surface area contributed by atoms with Crippen molar-refractivity contribution in [3.63, 3.8) is 0 Å². The summed E-state index contributed by atoms with van der Waals surface area (Å²) < 4.78 is 10.3. The van der Waals surface area contributed by atoms with Crippen LogP contribution < -0.4 is 0 Å². The largest absolute Gasteiger partial charge is 0.459 e. The highest BCUT2D eigenvalue weighted by atomic mass is 16.5. The van der Waals surface area contributed by atoms with Crippen LogP contribution in [0.2, 0.25) is 0 Å². The number of hydrogen-bond acceptors (Lipinski definition) is 5. The van der Waals surface area contributed by atoms with Crippen molar-refractivity contribution in [1.29, 1.82) is 0 Å². The summed E-state index contributed by atoms with van der Waals surface area (Å²) in [6, 6.07) is 8.58. The molecule has 0 saturated carbocycles. The molecule has 132 valence electrons. The van der Waals surface area contributed by atoms with Crippen LogP contribution in [0.3, 0.4) is 0 Å². The highest BCUT2D eigenvalue weighted by Crippen LogP contribution is 2.20. The van der Waals surface area contributed by atoms with Gasteiger partial charge in [0.2, 0.25) is 0 Å². The number of aromatic amines is 1. The van der Waals surface area contributed by atoms with E-state index in [0.717, 1.165) is 0 Å². The molecule has 2 rings (SSSR count). The number of carbonyl (C=O) groups excluding carboxylic acids is 3. The Morgan fingerprint density at radius 1 is 1.04 bits per heavy atom. The molecule has 1 N–H and O–H groups in total. The second-order valence-electron chi connectivity index (χ2n) is 5.94. The van der Waals surface area contributed by atoms with E-state index in [0.29, 0.717) is 22.4 Å². The SMILES string of the molecule is Cc1[nH]c(C(=O)OCC(=O)c2ccccc2)c(C)c1C(=O)OC(C)C. The Balaban J connectivity index is 2.10. The Morgan fingerprint density at radius 2 is 1.68 bits per heavy atom. The number of ether oxygens (including phenoxy) is 2. The van der Waals surface area contributed by atoms with E-state index in [1.807, 2.05) is 0 Å². The molecular formula is C19H21NO5. The van der Waals surface area contributed by atoms with Gasteiger partial charge in [0.25, 0.3) is 0 Å². The van der Waals surface area contributed by atoms with Gasteiger partial charge in [-0.2, -0.15) is 0 Å². The zero-order valence-electron chi connectivity index (χ0n) is 14.7. The average Bonchev–Trinajstić information content (AvgIpc) is 2.87. The van der Waals surface area contributed by atoms with Gasteiger partial charge in [-0.15, -0.1) is 0 Å². The molecule has 1 heterocycles. The Kier molecular flexibility index (Phi) is 5.75. The van der Waals surface area contributed by atoms with Crippen molar-refractivity contribution in [1.82, 2.24) is 4.98 Å². The molecule has 0 saturated heterocycles. The van der Waals surface area contributed by atoms with Crippen LogP contribution in [0.1, 0.15) is 56.3 Å². The lowest BCUT2D eigenvalue weighted by Gasteiger charge is -2.08. The first-order chi connectivity index (χ1) is 11.8. The Labute approximate surface area is 146 Å². The molecule has 25 heavy (non-hydrogen) atoms. The molecule has 6 heteroatoms. The maximum atomic E-state index is 12.3. The maximum Gasteiger partial charge on any atom is 0.355 e. The molecule has 2 aromatic rings. The molecule has 0 aliphatic carbocycles. The lowest BCUT2D eigenvalue weighted by molar-refractivity contribution is 0.0376. The number of hydrogen-bond donors (Lipinski definition) is 1. The summed E-state index contributed by atoms with van der Waals surface area (Å²) >= 11 is 0. The van der Waals surface area contributed by atoms with E-state index >= 15 is 0 Å². The summed E-state index contributed by atoms with van der Waals surface area (Å²) in [7, 11) is 0. The van der Waals surface area contributed by atoms with Crippen molar-refractivity contribution < 1.29 is 23.9 Å². The number of aromatic nitrogens is 1. The molecule has 0 radical (unpaired) electrons. The Morgan fingerprint density at radius 3 is 2.28 bits per heavy atom. The normalized spacial score (nSPS) is 10.6. The third-order valence-corrected chi connectivity index (χ3v) is 3.62. The van der Waals surface area contributed by atoms with Gasteiger partial charge in [0, 0.05) is 11.3 Å². The maximum absolute atomic E-state index is 12.3. The number of rotatable bonds is 6. The van der Waals surface area contributed by atoms with Crippen LogP contribution in [0.15, 0.2) is 30.3 Å². The average molecular weight is 343 g/mol. The van der Waals surface area contributed by atoms with Crippen LogP contribution in [0.5, 0.6) is 0 Å². The van der Waals surface area contributed by atoms with Crippen molar-refractivity contribution in [2.24, 2.45) is 0 Å². The van der Waals surface area contributed by atoms with E-state index in [1.54, 1.807) is 58.0 Å². The summed E-state index contributed by atoms with van der Waals surface area (Å²) in [4.78, 5) is 39.2. The minimum absolute atomic E-state index is 0.147. The van der Waals surface area contributed by atoms with Crippen LogP contribution in [-0.4, -0.2) is 35.4 Å². The molecule has 0 aliphatic rings. The number of carbonyl (C=O) groups is 3. The van der Waals surface area contributed by atoms with Gasteiger partial charge in [-0.1, -0.05) is 30.3 Å². The quantitative estimate of drug-likeness (QED) is 0.643. The molecule has 6 nitrogen and oxygen atoms in total. The molecule has 1 aromatic heterocycles. The second-order valence-corrected chi connectivity index (χ2v) is 5.94. The van der Waals surface area contributed by atoms with Crippen LogP contribution in [-0.2, 0) is 9.47 Å². The molecule has 0 amide bonds. The van der Waals surface area contributed by atoms with E-state index in [9.17, 15) is 14.4 Å². The van der Waals surface area contributed by atoms with E-state index in [1.165, 1.54) is 0 Å². The molecule has 0 spiro atoms. The first-order valence-corrected chi connectivity index (χ1v) is 7.96. The highest BCUT2D eigenvalue weighted by Gasteiger charge is 2.24. The van der Waals surface area contributed by atoms with Gasteiger partial charge in [-0.05, 0) is 33.3 Å². The molecule has 1 aromatic carbocycles. The summed E-state index contributed by atoms with van der Waals surface area (Å²) in [5.74, 6) is -1.48. The van der Waals surface area contributed by atoms with Crippen molar-refractivity contribution in [2.45, 2.75) is 33.8 Å². The molecular weight excluding hydrogens is 322 g/mol. The lowest BCUT2D eigenvalue weighted by Crippen LogP contribution is -2.16. The fraction of sp³-hybridized carbons (Fsp3) is 0.316. The first-order valence-electron chi connectivity index (χ1n) is 7.96. The van der Waals surface area contributed by atoms with Gasteiger partial charge in [-0.3, -0.25) is 4.79 Å². The molecule has 0 unspecified atom stereocenters. The topological polar surface area (TPSA) is 85.5 Å². The molecule has 0 aliphatic heterocycles. The zero-order chi connectivity index (χ0) is 18.6. The van der Waals surface area contributed by atoms with Gasteiger partial charge in [0.05, 0.1) is 11.7 Å². The van der Waals surface area contributed by atoms with Gasteiger partial charge in [0.15, 0.2) is 12.4 Å². The van der Waals surface area contributed by atoms with E-state index in [2.05, 4.69) is 4.98 Å². The summed E-state index contributed by atoms with van der Waals surface area (Å²) in [5.41, 5.74) is 1.89. The molecule has 0 bridgehead atoms. The summed E-state index contributed by atoms with van der Waals surface area (Å²) in [6.45, 7) is 6.44. The minimum Gasteiger partial charge on any atom is -0.459 e. The van der Waals surface area contributed by atoms with Crippen molar-refractivity contribution in [2.75, 3.05) is 6.61 Å². The van der Waals surface area contributed by atoms with Gasteiger partial charge >= 0.3 is 11.9 Å². The van der Waals surface area contributed by atoms with Gasteiger partial charge < -0.3 is 14.5 Å². The van der Waals surface area contributed by atoms with E-state index in [4.69, 9.17) is 9.47 Å². The van der Waals surface area contributed by atoms with Crippen LogP contribution in [0, 0.1) is 13.8 Å². The minimum atomic E-state index is -0.687. The third-order valence-electron chi connectivity index (χ3n) is 3.62. The van der Waals surface area contributed by atoms with Crippen molar-refractivity contribution in [3.8, 4) is 0 Å². The van der Waals surface area contributed by atoms with Crippen LogP contribution >= 0.6 is 0 Å². The predicted octanol–water partition coefficient (Wildman–Crippen LogP) is 3.24. The summed E-state index contributed by atoms with van der Waals surface area (Å²) in [5, 5.41) is 0. The first kappa shape index (κ1) is 18.4. The Bertz CT molecular complexity index is 790. The Hall–Kier alpha value is -2.89. The number of aryl methyl sites for hydroxylation is 1. The standard InChI is InChI=1S/C19H21NO5/c1-11(2)25-18(22)16-12(3)17(20-13(16)4)19(23)24-10-15(21)14-8-6-5-7-9-14/h5-9,11,20H,10H2,1-4H3. The predicted molar refractivity (Wildman–Crippen MR) is 91.9 cm³/mol. The lowest BCUT2D eigenvalue weighted by atomic mass is 10.1.